The number of rotatable bonds is 3. The Morgan fingerprint density at radius 3 is 2.78 bits per heavy atom. The van der Waals surface area contributed by atoms with E-state index < -0.39 is 5.54 Å². The van der Waals surface area contributed by atoms with Crippen LogP contribution in [0.2, 0.25) is 0 Å². The van der Waals surface area contributed by atoms with Gasteiger partial charge in [0, 0.05) is 19.0 Å². The molecule has 1 heterocycles. The minimum Gasteiger partial charge on any atom is -0.495 e. The van der Waals surface area contributed by atoms with Crippen LogP contribution in [-0.4, -0.2) is 37.2 Å². The topological polar surface area (TPSA) is 48.3 Å². The third-order valence-corrected chi connectivity index (χ3v) is 3.61. The molecular weight excluding hydrogens is 226 g/mol. The molecule has 1 aliphatic rings. The molecule has 0 aliphatic carbocycles. The first-order valence-electron chi connectivity index (χ1n) is 6.13. The van der Waals surface area contributed by atoms with Crippen molar-refractivity contribution in [2.24, 2.45) is 0 Å². The molecule has 1 saturated heterocycles. The maximum absolute atomic E-state index is 9.50. The van der Waals surface area contributed by atoms with E-state index in [4.69, 9.17) is 4.74 Å². The van der Waals surface area contributed by atoms with Crippen molar-refractivity contribution >= 4 is 5.69 Å². The summed E-state index contributed by atoms with van der Waals surface area (Å²) in [6, 6.07) is 10.5. The summed E-state index contributed by atoms with van der Waals surface area (Å²) in [6.07, 6.45) is 0.818. The fourth-order valence-corrected chi connectivity index (χ4v) is 2.51. The van der Waals surface area contributed by atoms with Gasteiger partial charge in [0.15, 0.2) is 0 Å². The highest BCUT2D eigenvalue weighted by Gasteiger charge is 2.41. The van der Waals surface area contributed by atoms with Crippen molar-refractivity contribution < 1.29 is 4.74 Å². The third-order valence-electron chi connectivity index (χ3n) is 3.61. The second-order valence-electron chi connectivity index (χ2n) is 4.99. The van der Waals surface area contributed by atoms with Crippen LogP contribution < -0.4 is 10.1 Å². The van der Waals surface area contributed by atoms with E-state index in [9.17, 15) is 5.26 Å². The minimum atomic E-state index is -0.525. The Kier molecular flexibility index (Phi) is 3.44. The molecule has 0 radical (unpaired) electrons. The zero-order chi connectivity index (χ0) is 13.2. The summed E-state index contributed by atoms with van der Waals surface area (Å²) in [5.41, 5.74) is 0.354. The first kappa shape index (κ1) is 12.7. The number of nitrogens with zero attached hydrogens (tertiary/aromatic N) is 2. The van der Waals surface area contributed by atoms with Crippen LogP contribution in [0.1, 0.15) is 13.3 Å². The van der Waals surface area contributed by atoms with Gasteiger partial charge in [-0.05, 0) is 26.1 Å². The molecule has 0 spiro atoms. The molecule has 0 aromatic heterocycles. The highest BCUT2D eigenvalue weighted by Crippen LogP contribution is 2.32. The number of ether oxygens (including phenoxy) is 1. The lowest BCUT2D eigenvalue weighted by Crippen LogP contribution is -2.39. The van der Waals surface area contributed by atoms with Gasteiger partial charge < -0.3 is 15.0 Å². The summed E-state index contributed by atoms with van der Waals surface area (Å²) in [5, 5.41) is 12.9. The number of hydrogen-bond acceptors (Lipinski definition) is 4. The summed E-state index contributed by atoms with van der Waals surface area (Å²) in [7, 11) is 3.69. The molecular formula is C14H19N3O. The Hall–Kier alpha value is -1.73. The first-order valence-corrected chi connectivity index (χ1v) is 6.13. The lowest BCUT2D eigenvalue weighted by atomic mass is 9.97. The molecule has 0 amide bonds. The van der Waals surface area contributed by atoms with Crippen molar-refractivity contribution in [3.05, 3.63) is 24.3 Å². The van der Waals surface area contributed by atoms with Crippen molar-refractivity contribution in [2.75, 3.05) is 26.0 Å². The van der Waals surface area contributed by atoms with E-state index in [2.05, 4.69) is 23.2 Å². The van der Waals surface area contributed by atoms with E-state index in [1.807, 2.05) is 31.3 Å². The highest BCUT2D eigenvalue weighted by molar-refractivity contribution is 5.59. The van der Waals surface area contributed by atoms with Gasteiger partial charge in [0.2, 0.25) is 0 Å². The molecule has 0 bridgehead atoms. The maximum atomic E-state index is 9.50. The monoisotopic (exact) mass is 245 g/mol. The molecule has 2 unspecified atom stereocenters. The lowest BCUT2D eigenvalue weighted by molar-refractivity contribution is 0.327. The minimum absolute atomic E-state index is 0.409. The smallest absolute Gasteiger partial charge is 0.141 e. The number of para-hydroxylation sites is 2. The van der Waals surface area contributed by atoms with E-state index >= 15 is 0 Å². The van der Waals surface area contributed by atoms with Gasteiger partial charge in [-0.1, -0.05) is 12.1 Å². The average Bonchev–Trinajstić information content (AvgIpc) is 2.66. The van der Waals surface area contributed by atoms with Crippen LogP contribution in [0.25, 0.3) is 0 Å². The number of nitriles is 1. The quantitative estimate of drug-likeness (QED) is 0.886. The van der Waals surface area contributed by atoms with Crippen LogP contribution in [0.5, 0.6) is 5.75 Å². The predicted octanol–water partition coefficient (Wildman–Crippen LogP) is 2.09. The van der Waals surface area contributed by atoms with Crippen LogP contribution in [0.15, 0.2) is 24.3 Å². The molecule has 4 nitrogen and oxygen atoms in total. The van der Waals surface area contributed by atoms with E-state index in [0.717, 1.165) is 24.4 Å². The number of anilines is 1. The predicted molar refractivity (Wildman–Crippen MR) is 71.7 cm³/mol. The van der Waals surface area contributed by atoms with Crippen LogP contribution in [0.3, 0.4) is 0 Å². The Morgan fingerprint density at radius 2 is 2.22 bits per heavy atom. The number of nitrogens with one attached hydrogen (secondary N) is 1. The number of benzene rings is 1. The van der Waals surface area contributed by atoms with Crippen molar-refractivity contribution in [1.82, 2.24) is 4.90 Å². The summed E-state index contributed by atoms with van der Waals surface area (Å²) in [4.78, 5) is 2.20. The second kappa shape index (κ2) is 4.87. The van der Waals surface area contributed by atoms with Gasteiger partial charge in [0.1, 0.15) is 11.3 Å². The maximum Gasteiger partial charge on any atom is 0.141 e. The Morgan fingerprint density at radius 1 is 1.50 bits per heavy atom. The zero-order valence-electron chi connectivity index (χ0n) is 11.1. The fourth-order valence-electron chi connectivity index (χ4n) is 2.51. The molecule has 1 N–H and O–H groups in total. The molecule has 4 heteroatoms. The molecule has 1 fully saturated rings. The molecule has 1 aliphatic heterocycles. The van der Waals surface area contributed by atoms with E-state index in [1.165, 1.54) is 0 Å². The Bertz CT molecular complexity index is 456. The zero-order valence-corrected chi connectivity index (χ0v) is 11.1. The van der Waals surface area contributed by atoms with Crippen molar-refractivity contribution in [1.29, 1.82) is 5.26 Å². The van der Waals surface area contributed by atoms with Crippen LogP contribution in [0, 0.1) is 11.3 Å². The van der Waals surface area contributed by atoms with Gasteiger partial charge in [-0.2, -0.15) is 5.26 Å². The normalized spacial score (nSPS) is 27.8. The van der Waals surface area contributed by atoms with Gasteiger partial charge >= 0.3 is 0 Å². The van der Waals surface area contributed by atoms with Gasteiger partial charge in [-0.25, -0.2) is 0 Å². The van der Waals surface area contributed by atoms with Gasteiger partial charge in [0.05, 0.1) is 18.9 Å². The fraction of sp³-hybridized carbons (Fsp3) is 0.500. The molecule has 18 heavy (non-hydrogen) atoms. The standard InChI is InChI=1S/C14H19N3O/c1-11-8-14(9-15,10-17(11)2)16-12-6-4-5-7-13(12)18-3/h4-7,11,16H,8,10H2,1-3H3. The lowest BCUT2D eigenvalue weighted by Gasteiger charge is -2.24. The molecule has 1 aromatic rings. The summed E-state index contributed by atoms with van der Waals surface area (Å²) >= 11 is 0. The molecule has 96 valence electrons. The molecule has 2 atom stereocenters. The van der Waals surface area contributed by atoms with Crippen LogP contribution >= 0.6 is 0 Å². The van der Waals surface area contributed by atoms with Crippen LogP contribution in [-0.2, 0) is 0 Å². The second-order valence-corrected chi connectivity index (χ2v) is 4.99. The molecule has 0 saturated carbocycles. The summed E-state index contributed by atoms with van der Waals surface area (Å²) in [5.74, 6) is 0.773. The Labute approximate surface area is 108 Å². The van der Waals surface area contributed by atoms with E-state index in [-0.39, 0.29) is 0 Å². The highest BCUT2D eigenvalue weighted by atomic mass is 16.5. The van der Waals surface area contributed by atoms with E-state index in [0.29, 0.717) is 6.04 Å². The van der Waals surface area contributed by atoms with Crippen molar-refractivity contribution in [3.63, 3.8) is 0 Å². The Balaban J connectivity index is 2.24. The van der Waals surface area contributed by atoms with Gasteiger partial charge in [-0.3, -0.25) is 0 Å². The number of likely N-dealkylation sites (tertiary alicyclic amines) is 1. The summed E-state index contributed by atoms with van der Waals surface area (Å²) in [6.45, 7) is 2.87. The van der Waals surface area contributed by atoms with E-state index in [1.54, 1.807) is 7.11 Å². The van der Waals surface area contributed by atoms with Crippen molar-refractivity contribution in [2.45, 2.75) is 24.9 Å². The number of likely N-dealkylation sites (N-methyl/N-ethyl adjacent to an activating group) is 1. The average molecular weight is 245 g/mol. The number of methoxy groups -OCH3 is 1. The van der Waals surface area contributed by atoms with Gasteiger partial charge in [0.25, 0.3) is 0 Å². The first-order chi connectivity index (χ1) is 8.60. The third kappa shape index (κ3) is 2.27. The number of hydrogen-bond donors (Lipinski definition) is 1. The largest absolute Gasteiger partial charge is 0.495 e. The molecule has 1 aromatic carbocycles. The molecule has 2 rings (SSSR count). The SMILES string of the molecule is COc1ccccc1NC1(C#N)CC(C)N(C)C1. The van der Waals surface area contributed by atoms with Crippen molar-refractivity contribution in [3.8, 4) is 11.8 Å². The van der Waals surface area contributed by atoms with Crippen LogP contribution in [0.4, 0.5) is 5.69 Å². The summed E-state index contributed by atoms with van der Waals surface area (Å²) < 4.78 is 5.31. The van der Waals surface area contributed by atoms with Gasteiger partial charge in [-0.15, -0.1) is 0 Å².